The lowest BCUT2D eigenvalue weighted by Gasteiger charge is -2.05. The van der Waals surface area contributed by atoms with E-state index in [-0.39, 0.29) is 22.3 Å². The number of Topliss-reactive ketones (excluding diaryl/α,β-unsaturated/α-hetero) is 1. The second-order valence-corrected chi connectivity index (χ2v) is 3.93. The van der Waals surface area contributed by atoms with E-state index in [0.29, 0.717) is 16.8 Å². The fourth-order valence-electron chi connectivity index (χ4n) is 1.50. The van der Waals surface area contributed by atoms with Crippen LogP contribution in [0.2, 0.25) is 5.02 Å². The van der Waals surface area contributed by atoms with Crippen molar-refractivity contribution in [1.29, 1.82) is 0 Å². The number of rotatable bonds is 2. The van der Waals surface area contributed by atoms with Crippen LogP contribution < -0.4 is 0 Å². The quantitative estimate of drug-likeness (QED) is 0.716. The van der Waals surface area contributed by atoms with Gasteiger partial charge in [-0.3, -0.25) is 9.89 Å². The number of nitrogens with zero attached hydrogens (tertiary/aromatic N) is 1. The van der Waals surface area contributed by atoms with E-state index in [4.69, 9.17) is 11.6 Å². The van der Waals surface area contributed by atoms with Crippen molar-refractivity contribution in [1.82, 2.24) is 10.2 Å². The molecule has 0 aliphatic rings. The average molecular weight is 253 g/mol. The van der Waals surface area contributed by atoms with Gasteiger partial charge in [0.25, 0.3) is 0 Å². The van der Waals surface area contributed by atoms with Crippen LogP contribution in [0.4, 0.5) is 0 Å². The summed E-state index contributed by atoms with van der Waals surface area (Å²) < 4.78 is 0. The van der Waals surface area contributed by atoms with Gasteiger partial charge in [0.1, 0.15) is 17.2 Å². The lowest BCUT2D eigenvalue weighted by molar-refractivity contribution is 0.101. The largest absolute Gasteiger partial charge is 0.507 e. The molecule has 1 aromatic heterocycles. The first-order chi connectivity index (χ1) is 8.00. The highest BCUT2D eigenvalue weighted by Crippen LogP contribution is 2.37. The van der Waals surface area contributed by atoms with E-state index in [9.17, 15) is 15.0 Å². The summed E-state index contributed by atoms with van der Waals surface area (Å²) in [7, 11) is 0. The number of H-pyrrole nitrogens is 1. The molecule has 0 radical (unpaired) electrons. The smallest absolute Gasteiger partial charge is 0.163 e. The van der Waals surface area contributed by atoms with Gasteiger partial charge in [-0.2, -0.15) is 5.10 Å². The molecule has 6 heteroatoms. The van der Waals surface area contributed by atoms with Crippen LogP contribution in [0, 0.1) is 0 Å². The summed E-state index contributed by atoms with van der Waals surface area (Å²) in [4.78, 5) is 11.3. The second-order valence-electron chi connectivity index (χ2n) is 3.52. The van der Waals surface area contributed by atoms with Gasteiger partial charge >= 0.3 is 0 Å². The number of aromatic hydroxyl groups is 2. The summed E-state index contributed by atoms with van der Waals surface area (Å²) >= 11 is 5.75. The zero-order valence-electron chi connectivity index (χ0n) is 8.86. The zero-order valence-corrected chi connectivity index (χ0v) is 9.62. The minimum Gasteiger partial charge on any atom is -0.507 e. The first-order valence-corrected chi connectivity index (χ1v) is 5.15. The van der Waals surface area contributed by atoms with Gasteiger partial charge in [-0.05, 0) is 13.0 Å². The molecule has 2 rings (SSSR count). The number of aromatic amines is 1. The Kier molecular flexibility index (Phi) is 2.77. The van der Waals surface area contributed by atoms with Crippen molar-refractivity contribution < 1.29 is 15.0 Å². The molecule has 1 aromatic carbocycles. The van der Waals surface area contributed by atoms with Crippen molar-refractivity contribution in [3.8, 4) is 22.8 Å². The molecule has 0 spiro atoms. The van der Waals surface area contributed by atoms with Crippen molar-refractivity contribution in [2.45, 2.75) is 6.92 Å². The van der Waals surface area contributed by atoms with Gasteiger partial charge in [-0.1, -0.05) is 11.6 Å². The number of benzene rings is 1. The molecule has 17 heavy (non-hydrogen) atoms. The van der Waals surface area contributed by atoms with Crippen molar-refractivity contribution >= 4 is 17.4 Å². The molecule has 3 N–H and O–H groups in total. The maximum atomic E-state index is 11.3. The fraction of sp³-hybridized carbons (Fsp3) is 0.0909. The van der Waals surface area contributed by atoms with Gasteiger partial charge < -0.3 is 10.2 Å². The topological polar surface area (TPSA) is 86.2 Å². The third-order valence-corrected chi connectivity index (χ3v) is 2.64. The Balaban J connectivity index is 2.64. The molecular weight excluding hydrogens is 244 g/mol. The molecule has 0 atom stereocenters. The van der Waals surface area contributed by atoms with Gasteiger partial charge in [0.15, 0.2) is 5.78 Å². The predicted molar refractivity (Wildman–Crippen MR) is 62.4 cm³/mol. The normalized spacial score (nSPS) is 10.5. The number of carbonyl (C=O) groups is 1. The summed E-state index contributed by atoms with van der Waals surface area (Å²) in [6, 6.07) is 2.46. The molecule has 5 nitrogen and oxygen atoms in total. The van der Waals surface area contributed by atoms with E-state index < -0.39 is 0 Å². The molecule has 0 aliphatic carbocycles. The van der Waals surface area contributed by atoms with Gasteiger partial charge in [-0.25, -0.2) is 0 Å². The molecule has 0 aliphatic heterocycles. The number of phenolic OH excluding ortho intramolecular Hbond substituents is 2. The molecule has 0 saturated carbocycles. The Hall–Kier alpha value is -2.01. The van der Waals surface area contributed by atoms with Crippen molar-refractivity contribution in [3.63, 3.8) is 0 Å². The number of hydrogen-bond acceptors (Lipinski definition) is 4. The van der Waals surface area contributed by atoms with Crippen molar-refractivity contribution in [2.75, 3.05) is 0 Å². The van der Waals surface area contributed by atoms with Crippen LogP contribution in [0.25, 0.3) is 11.3 Å². The van der Waals surface area contributed by atoms with Crippen LogP contribution in [0.3, 0.4) is 0 Å². The number of hydrogen-bond donors (Lipinski definition) is 3. The van der Waals surface area contributed by atoms with Gasteiger partial charge in [0.05, 0.1) is 10.6 Å². The van der Waals surface area contributed by atoms with Crippen molar-refractivity contribution in [3.05, 3.63) is 28.9 Å². The van der Waals surface area contributed by atoms with E-state index in [1.54, 1.807) is 0 Å². The van der Waals surface area contributed by atoms with Crippen LogP contribution in [0.1, 0.15) is 17.3 Å². The highest BCUT2D eigenvalue weighted by atomic mass is 35.5. The molecule has 0 amide bonds. The SMILES string of the molecule is CC(=O)c1c[nH]nc1-c1cc(Cl)c(O)cc1O. The van der Waals surface area contributed by atoms with E-state index in [1.807, 2.05) is 0 Å². The third-order valence-electron chi connectivity index (χ3n) is 2.34. The minimum absolute atomic E-state index is 0.0790. The zero-order chi connectivity index (χ0) is 12.6. The number of aromatic nitrogens is 2. The Morgan fingerprint density at radius 3 is 2.71 bits per heavy atom. The standard InChI is InChI=1S/C11H9ClN2O3/c1-5(15)7-4-13-14-11(7)6-2-8(12)10(17)3-9(6)16/h2-4,16-17H,1H3,(H,13,14). The Bertz CT molecular complexity index is 592. The number of halogens is 1. The maximum absolute atomic E-state index is 11.3. The fourth-order valence-corrected chi connectivity index (χ4v) is 1.67. The van der Waals surface area contributed by atoms with Gasteiger partial charge in [-0.15, -0.1) is 0 Å². The Morgan fingerprint density at radius 1 is 1.35 bits per heavy atom. The summed E-state index contributed by atoms with van der Waals surface area (Å²) in [5, 5.41) is 25.5. The molecule has 0 bridgehead atoms. The average Bonchev–Trinajstić information content (AvgIpc) is 2.72. The molecule has 1 heterocycles. The second kappa shape index (κ2) is 4.10. The highest BCUT2D eigenvalue weighted by molar-refractivity contribution is 6.32. The first kappa shape index (κ1) is 11.5. The van der Waals surface area contributed by atoms with E-state index in [1.165, 1.54) is 19.2 Å². The predicted octanol–water partition coefficient (Wildman–Crippen LogP) is 2.34. The van der Waals surface area contributed by atoms with Gasteiger partial charge in [0.2, 0.25) is 0 Å². The summed E-state index contributed by atoms with van der Waals surface area (Å²) in [5.74, 6) is -0.605. The minimum atomic E-state index is -0.229. The molecule has 0 saturated heterocycles. The van der Waals surface area contributed by atoms with Crippen molar-refractivity contribution in [2.24, 2.45) is 0 Å². The van der Waals surface area contributed by atoms with E-state index in [0.717, 1.165) is 6.07 Å². The van der Waals surface area contributed by atoms with Crippen LogP contribution in [0.15, 0.2) is 18.3 Å². The first-order valence-electron chi connectivity index (χ1n) is 4.77. The molecule has 0 unspecified atom stereocenters. The molecule has 0 fully saturated rings. The maximum Gasteiger partial charge on any atom is 0.163 e. The van der Waals surface area contributed by atoms with Crippen LogP contribution in [0.5, 0.6) is 11.5 Å². The lowest BCUT2D eigenvalue weighted by atomic mass is 10.0. The Morgan fingerprint density at radius 2 is 2.06 bits per heavy atom. The summed E-state index contributed by atoms with van der Waals surface area (Å²) in [5.41, 5.74) is 0.943. The third kappa shape index (κ3) is 1.97. The number of ketones is 1. The van der Waals surface area contributed by atoms with Crippen LogP contribution >= 0.6 is 11.6 Å². The van der Waals surface area contributed by atoms with E-state index >= 15 is 0 Å². The van der Waals surface area contributed by atoms with Crippen LogP contribution in [-0.2, 0) is 0 Å². The molecule has 88 valence electrons. The lowest BCUT2D eigenvalue weighted by Crippen LogP contribution is -1.93. The number of nitrogens with one attached hydrogen (secondary N) is 1. The van der Waals surface area contributed by atoms with E-state index in [2.05, 4.69) is 10.2 Å². The van der Waals surface area contributed by atoms with Gasteiger partial charge in [0, 0.05) is 17.8 Å². The van der Waals surface area contributed by atoms with Crippen LogP contribution in [-0.4, -0.2) is 26.2 Å². The molecule has 2 aromatic rings. The number of phenols is 2. The highest BCUT2D eigenvalue weighted by Gasteiger charge is 2.17. The monoisotopic (exact) mass is 252 g/mol. The summed E-state index contributed by atoms with van der Waals surface area (Å²) in [6.45, 7) is 1.40. The number of carbonyl (C=O) groups excluding carboxylic acids is 1. The molecular formula is C11H9ClN2O3. The Labute approximate surface area is 102 Å². The summed E-state index contributed by atoms with van der Waals surface area (Å²) in [6.07, 6.45) is 1.44.